The van der Waals surface area contributed by atoms with E-state index in [4.69, 9.17) is 0 Å². The van der Waals surface area contributed by atoms with Crippen molar-refractivity contribution in [2.45, 2.75) is 6.42 Å². The summed E-state index contributed by atoms with van der Waals surface area (Å²) in [4.78, 5) is 12.1. The minimum absolute atomic E-state index is 0.287. The van der Waals surface area contributed by atoms with Gasteiger partial charge in [-0.3, -0.25) is 4.79 Å². The van der Waals surface area contributed by atoms with E-state index in [1.807, 2.05) is 36.5 Å². The average Bonchev–Trinajstić information content (AvgIpc) is 3.06. The zero-order valence-corrected chi connectivity index (χ0v) is 14.3. The summed E-state index contributed by atoms with van der Waals surface area (Å²) in [6.07, 6.45) is 4.35. The van der Waals surface area contributed by atoms with Crippen molar-refractivity contribution in [1.29, 1.82) is 0 Å². The van der Waals surface area contributed by atoms with Crippen LogP contribution in [0, 0.1) is 5.82 Å². The number of hydrogen-bond acceptors (Lipinski definition) is 2. The molecule has 0 bridgehead atoms. The lowest BCUT2D eigenvalue weighted by atomic mass is 10.2. The predicted molar refractivity (Wildman–Crippen MR) is 93.7 cm³/mol. The van der Waals surface area contributed by atoms with E-state index < -0.39 is 5.82 Å². The van der Waals surface area contributed by atoms with Crippen LogP contribution in [0.5, 0.6) is 0 Å². The van der Waals surface area contributed by atoms with Gasteiger partial charge in [0.2, 0.25) is 0 Å². The van der Waals surface area contributed by atoms with Crippen LogP contribution in [0.15, 0.2) is 65.4 Å². The molecule has 1 aromatic heterocycles. The Hall–Kier alpha value is -2.47. The molecule has 122 valence electrons. The SMILES string of the molecule is O=C(NCCc1cnn(-c2ccccc2)c1)c1cc(F)ccc1Br. The van der Waals surface area contributed by atoms with Crippen LogP contribution in [0.25, 0.3) is 5.69 Å². The Morgan fingerprint density at radius 3 is 2.79 bits per heavy atom. The third-order valence-corrected chi connectivity index (χ3v) is 4.22. The fourth-order valence-corrected chi connectivity index (χ4v) is 2.72. The van der Waals surface area contributed by atoms with Crippen molar-refractivity contribution in [2.75, 3.05) is 6.54 Å². The van der Waals surface area contributed by atoms with E-state index in [0.29, 0.717) is 17.4 Å². The van der Waals surface area contributed by atoms with Crippen molar-refractivity contribution in [3.63, 3.8) is 0 Å². The molecule has 0 fully saturated rings. The number of benzene rings is 2. The molecule has 3 aromatic rings. The van der Waals surface area contributed by atoms with Gasteiger partial charge in [-0.25, -0.2) is 9.07 Å². The van der Waals surface area contributed by atoms with Gasteiger partial charge in [-0.05, 0) is 58.2 Å². The average molecular weight is 388 g/mol. The molecule has 0 saturated heterocycles. The van der Waals surface area contributed by atoms with Gasteiger partial charge in [0.25, 0.3) is 5.91 Å². The molecule has 0 aliphatic rings. The highest BCUT2D eigenvalue weighted by molar-refractivity contribution is 9.10. The topological polar surface area (TPSA) is 46.9 Å². The van der Waals surface area contributed by atoms with Crippen molar-refractivity contribution < 1.29 is 9.18 Å². The first-order valence-electron chi connectivity index (χ1n) is 7.46. The second-order valence-corrected chi connectivity index (χ2v) is 6.11. The number of halogens is 2. The van der Waals surface area contributed by atoms with E-state index in [1.165, 1.54) is 18.2 Å². The molecule has 0 saturated carbocycles. The fourth-order valence-electron chi connectivity index (χ4n) is 2.30. The fraction of sp³-hybridized carbons (Fsp3) is 0.111. The number of nitrogens with zero attached hydrogens (tertiary/aromatic N) is 2. The maximum absolute atomic E-state index is 13.2. The van der Waals surface area contributed by atoms with E-state index in [1.54, 1.807) is 10.9 Å². The quantitative estimate of drug-likeness (QED) is 0.724. The van der Waals surface area contributed by atoms with Gasteiger partial charge in [0.1, 0.15) is 5.82 Å². The van der Waals surface area contributed by atoms with Gasteiger partial charge in [0, 0.05) is 17.2 Å². The van der Waals surface area contributed by atoms with Crippen LogP contribution in [-0.2, 0) is 6.42 Å². The smallest absolute Gasteiger partial charge is 0.252 e. The molecule has 4 nitrogen and oxygen atoms in total. The van der Waals surface area contributed by atoms with Gasteiger partial charge < -0.3 is 5.32 Å². The molecular weight excluding hydrogens is 373 g/mol. The van der Waals surface area contributed by atoms with Crippen LogP contribution in [-0.4, -0.2) is 22.2 Å². The molecule has 1 amide bonds. The zero-order chi connectivity index (χ0) is 16.9. The van der Waals surface area contributed by atoms with Crippen molar-refractivity contribution in [3.05, 3.63) is 82.3 Å². The number of carbonyl (C=O) groups excluding carboxylic acids is 1. The molecular formula is C18H15BrFN3O. The second-order valence-electron chi connectivity index (χ2n) is 5.26. The maximum Gasteiger partial charge on any atom is 0.252 e. The number of hydrogen-bond donors (Lipinski definition) is 1. The Labute approximate surface area is 147 Å². The second kappa shape index (κ2) is 7.40. The standard InChI is InChI=1S/C18H15BrFN3O/c19-17-7-6-14(20)10-16(17)18(24)21-9-8-13-11-22-23(12-13)15-4-2-1-3-5-15/h1-7,10-12H,8-9H2,(H,21,24). The summed E-state index contributed by atoms with van der Waals surface area (Å²) in [6.45, 7) is 0.447. The maximum atomic E-state index is 13.2. The third-order valence-electron chi connectivity index (χ3n) is 3.53. The Balaban J connectivity index is 1.58. The lowest BCUT2D eigenvalue weighted by molar-refractivity contribution is 0.0953. The van der Waals surface area contributed by atoms with E-state index in [0.717, 1.165) is 11.3 Å². The van der Waals surface area contributed by atoms with E-state index in [2.05, 4.69) is 26.3 Å². The van der Waals surface area contributed by atoms with Gasteiger partial charge >= 0.3 is 0 Å². The van der Waals surface area contributed by atoms with Crippen LogP contribution in [0.4, 0.5) is 4.39 Å². The summed E-state index contributed by atoms with van der Waals surface area (Å²) in [7, 11) is 0. The first-order chi connectivity index (χ1) is 11.6. The molecule has 1 heterocycles. The van der Waals surface area contributed by atoms with E-state index in [-0.39, 0.29) is 11.5 Å². The van der Waals surface area contributed by atoms with Gasteiger partial charge in [-0.2, -0.15) is 5.10 Å². The predicted octanol–water partition coefficient (Wildman–Crippen LogP) is 3.75. The largest absolute Gasteiger partial charge is 0.352 e. The molecule has 0 radical (unpaired) electrons. The lowest BCUT2D eigenvalue weighted by Crippen LogP contribution is -2.26. The summed E-state index contributed by atoms with van der Waals surface area (Å²) in [5.41, 5.74) is 2.28. The van der Waals surface area contributed by atoms with Crippen LogP contribution < -0.4 is 5.32 Å². The monoisotopic (exact) mass is 387 g/mol. The van der Waals surface area contributed by atoms with Crippen molar-refractivity contribution in [2.24, 2.45) is 0 Å². The van der Waals surface area contributed by atoms with Crippen molar-refractivity contribution in [3.8, 4) is 5.69 Å². The summed E-state index contributed by atoms with van der Waals surface area (Å²) >= 11 is 3.26. The van der Waals surface area contributed by atoms with Gasteiger partial charge in [0.05, 0.1) is 17.4 Å². The molecule has 0 unspecified atom stereocenters. The third kappa shape index (κ3) is 3.89. The number of nitrogens with one attached hydrogen (secondary N) is 1. The molecule has 2 aromatic carbocycles. The Morgan fingerprint density at radius 2 is 2.00 bits per heavy atom. The molecule has 24 heavy (non-hydrogen) atoms. The van der Waals surface area contributed by atoms with E-state index >= 15 is 0 Å². The molecule has 1 N–H and O–H groups in total. The minimum atomic E-state index is -0.438. The van der Waals surface area contributed by atoms with Gasteiger partial charge in [0.15, 0.2) is 0 Å². The Bertz CT molecular complexity index is 848. The highest BCUT2D eigenvalue weighted by Crippen LogP contribution is 2.17. The minimum Gasteiger partial charge on any atom is -0.352 e. The van der Waals surface area contributed by atoms with Crippen LogP contribution in [0.2, 0.25) is 0 Å². The van der Waals surface area contributed by atoms with Crippen molar-refractivity contribution in [1.82, 2.24) is 15.1 Å². The summed E-state index contributed by atoms with van der Waals surface area (Å²) < 4.78 is 15.6. The number of rotatable bonds is 5. The van der Waals surface area contributed by atoms with Crippen LogP contribution in [0.3, 0.4) is 0 Å². The summed E-state index contributed by atoms with van der Waals surface area (Å²) in [5, 5.41) is 7.11. The molecule has 0 aliphatic heterocycles. The summed E-state index contributed by atoms with van der Waals surface area (Å²) in [6, 6.07) is 13.8. The van der Waals surface area contributed by atoms with Crippen molar-refractivity contribution >= 4 is 21.8 Å². The first kappa shape index (κ1) is 16.4. The Morgan fingerprint density at radius 1 is 1.21 bits per heavy atom. The molecule has 0 aliphatic carbocycles. The molecule has 3 rings (SSSR count). The van der Waals surface area contributed by atoms with E-state index in [9.17, 15) is 9.18 Å². The summed E-state index contributed by atoms with van der Waals surface area (Å²) in [5.74, 6) is -0.746. The molecule has 6 heteroatoms. The lowest BCUT2D eigenvalue weighted by Gasteiger charge is -2.06. The normalized spacial score (nSPS) is 10.6. The highest BCUT2D eigenvalue weighted by atomic mass is 79.9. The zero-order valence-electron chi connectivity index (χ0n) is 12.7. The number of para-hydroxylation sites is 1. The first-order valence-corrected chi connectivity index (χ1v) is 8.25. The van der Waals surface area contributed by atoms with Crippen LogP contribution in [0.1, 0.15) is 15.9 Å². The highest BCUT2D eigenvalue weighted by Gasteiger charge is 2.11. The van der Waals surface area contributed by atoms with Gasteiger partial charge in [-0.15, -0.1) is 0 Å². The number of carbonyl (C=O) groups is 1. The molecule has 0 atom stereocenters. The molecule has 0 spiro atoms. The number of amides is 1. The Kier molecular flexibility index (Phi) is 5.05. The van der Waals surface area contributed by atoms with Gasteiger partial charge in [-0.1, -0.05) is 18.2 Å². The number of aromatic nitrogens is 2. The van der Waals surface area contributed by atoms with Crippen LogP contribution >= 0.6 is 15.9 Å².